The van der Waals surface area contributed by atoms with E-state index >= 15 is 0 Å². The van der Waals surface area contributed by atoms with Crippen LogP contribution < -0.4 is 10.6 Å². The molecule has 1 unspecified atom stereocenters. The second kappa shape index (κ2) is 7.51. The topological polar surface area (TPSA) is 71.8 Å². The van der Waals surface area contributed by atoms with Gasteiger partial charge in [0.05, 0.1) is 6.20 Å². The Morgan fingerprint density at radius 1 is 1.55 bits per heavy atom. The third-order valence-corrected chi connectivity index (χ3v) is 4.79. The lowest BCUT2D eigenvalue weighted by atomic mass is 10.00. The van der Waals surface area contributed by atoms with E-state index in [0.29, 0.717) is 18.2 Å². The van der Waals surface area contributed by atoms with E-state index in [-0.39, 0.29) is 5.91 Å². The summed E-state index contributed by atoms with van der Waals surface area (Å²) >= 11 is 1.70. The maximum atomic E-state index is 12.0. The summed E-state index contributed by atoms with van der Waals surface area (Å²) in [6.07, 6.45) is 5.00. The quantitative estimate of drug-likeness (QED) is 0.842. The van der Waals surface area contributed by atoms with Gasteiger partial charge in [0, 0.05) is 18.0 Å². The number of aromatic nitrogens is 3. The molecule has 3 rings (SSSR count). The molecule has 1 atom stereocenters. The number of carbonyl (C=O) groups excluding carboxylic acids is 1. The zero-order valence-corrected chi connectivity index (χ0v) is 13.3. The fourth-order valence-corrected chi connectivity index (χ4v) is 3.39. The highest BCUT2D eigenvalue weighted by atomic mass is 32.1. The molecule has 0 radical (unpaired) electrons. The second-order valence-corrected chi connectivity index (χ2v) is 6.66. The molecule has 2 aromatic rings. The Morgan fingerprint density at radius 3 is 3.27 bits per heavy atom. The van der Waals surface area contributed by atoms with Crippen molar-refractivity contribution in [1.82, 2.24) is 25.6 Å². The lowest BCUT2D eigenvalue weighted by Gasteiger charge is -2.22. The van der Waals surface area contributed by atoms with Gasteiger partial charge in [0.2, 0.25) is 0 Å². The van der Waals surface area contributed by atoms with Crippen molar-refractivity contribution in [2.24, 2.45) is 5.92 Å². The summed E-state index contributed by atoms with van der Waals surface area (Å²) in [6, 6.07) is 4.10. The van der Waals surface area contributed by atoms with E-state index < -0.39 is 0 Å². The fourth-order valence-electron chi connectivity index (χ4n) is 2.68. The first-order valence-corrected chi connectivity index (χ1v) is 8.60. The number of nitrogens with one attached hydrogen (secondary N) is 2. The van der Waals surface area contributed by atoms with Crippen LogP contribution in [0.4, 0.5) is 0 Å². The van der Waals surface area contributed by atoms with Crippen LogP contribution in [0.1, 0.15) is 28.2 Å². The van der Waals surface area contributed by atoms with Gasteiger partial charge in [0.1, 0.15) is 0 Å². The van der Waals surface area contributed by atoms with Crippen molar-refractivity contribution in [1.29, 1.82) is 0 Å². The Balaban J connectivity index is 1.46. The van der Waals surface area contributed by atoms with E-state index in [1.54, 1.807) is 22.2 Å². The standard InChI is InChI=1S/C15H21N5OS/c21-15(17-7-5-13-4-2-8-22-13)14-11-20(19-18-14)10-12-3-1-6-16-9-12/h2,4,8,11-12,16H,1,3,5-7,9-10H2,(H,17,21). The van der Waals surface area contributed by atoms with Crippen molar-refractivity contribution in [3.8, 4) is 0 Å². The van der Waals surface area contributed by atoms with E-state index in [2.05, 4.69) is 27.0 Å². The first-order valence-electron chi connectivity index (χ1n) is 7.72. The van der Waals surface area contributed by atoms with Crippen LogP contribution in [-0.4, -0.2) is 40.5 Å². The monoisotopic (exact) mass is 319 g/mol. The highest BCUT2D eigenvalue weighted by Gasteiger charge is 2.16. The molecule has 1 aliphatic heterocycles. The van der Waals surface area contributed by atoms with E-state index in [1.807, 2.05) is 11.4 Å². The van der Waals surface area contributed by atoms with Crippen LogP contribution in [0, 0.1) is 5.92 Å². The predicted molar refractivity (Wildman–Crippen MR) is 86.0 cm³/mol. The molecule has 0 spiro atoms. The van der Waals surface area contributed by atoms with Crippen LogP contribution in [0.25, 0.3) is 0 Å². The third-order valence-electron chi connectivity index (χ3n) is 3.85. The fraction of sp³-hybridized carbons (Fsp3) is 0.533. The van der Waals surface area contributed by atoms with Crippen LogP contribution in [0.5, 0.6) is 0 Å². The molecular formula is C15H21N5OS. The number of rotatable bonds is 6. The molecule has 1 amide bonds. The summed E-state index contributed by atoms with van der Waals surface area (Å²) in [5.74, 6) is 0.426. The molecule has 0 aromatic carbocycles. The molecule has 3 heterocycles. The van der Waals surface area contributed by atoms with Gasteiger partial charge in [-0.3, -0.25) is 9.48 Å². The van der Waals surface area contributed by atoms with E-state index in [4.69, 9.17) is 0 Å². The molecule has 2 aromatic heterocycles. The van der Waals surface area contributed by atoms with Gasteiger partial charge in [0.15, 0.2) is 5.69 Å². The maximum Gasteiger partial charge on any atom is 0.273 e. The molecule has 2 N–H and O–H groups in total. The van der Waals surface area contributed by atoms with Crippen LogP contribution in [0.3, 0.4) is 0 Å². The largest absolute Gasteiger partial charge is 0.350 e. The molecule has 1 saturated heterocycles. The smallest absolute Gasteiger partial charge is 0.273 e. The lowest BCUT2D eigenvalue weighted by Crippen LogP contribution is -2.32. The van der Waals surface area contributed by atoms with Crippen LogP contribution in [0.15, 0.2) is 23.7 Å². The first kappa shape index (κ1) is 15.2. The minimum atomic E-state index is -0.149. The van der Waals surface area contributed by atoms with Gasteiger partial charge in [0.25, 0.3) is 5.91 Å². The van der Waals surface area contributed by atoms with Crippen molar-refractivity contribution < 1.29 is 4.79 Å². The van der Waals surface area contributed by atoms with Crippen LogP contribution in [-0.2, 0) is 13.0 Å². The average Bonchev–Trinajstić information content (AvgIpc) is 3.20. The van der Waals surface area contributed by atoms with Crippen LogP contribution >= 0.6 is 11.3 Å². The van der Waals surface area contributed by atoms with Gasteiger partial charge < -0.3 is 10.6 Å². The summed E-state index contributed by atoms with van der Waals surface area (Å²) in [4.78, 5) is 13.3. The highest BCUT2D eigenvalue weighted by molar-refractivity contribution is 7.09. The summed E-state index contributed by atoms with van der Waals surface area (Å²) < 4.78 is 1.78. The minimum Gasteiger partial charge on any atom is -0.350 e. The number of amides is 1. The lowest BCUT2D eigenvalue weighted by molar-refractivity contribution is 0.0949. The zero-order valence-electron chi connectivity index (χ0n) is 12.5. The van der Waals surface area contributed by atoms with Gasteiger partial charge in [-0.2, -0.15) is 0 Å². The third kappa shape index (κ3) is 4.14. The van der Waals surface area contributed by atoms with Crippen LogP contribution in [0.2, 0.25) is 0 Å². The van der Waals surface area contributed by atoms with Gasteiger partial charge in [-0.15, -0.1) is 16.4 Å². The highest BCUT2D eigenvalue weighted by Crippen LogP contribution is 2.12. The van der Waals surface area contributed by atoms with Crippen molar-refractivity contribution >= 4 is 17.2 Å². The molecule has 22 heavy (non-hydrogen) atoms. The molecule has 118 valence electrons. The molecule has 1 aliphatic rings. The molecule has 0 saturated carbocycles. The molecule has 6 nitrogen and oxygen atoms in total. The van der Waals surface area contributed by atoms with E-state index in [1.165, 1.54) is 17.7 Å². The number of thiophene rings is 1. The van der Waals surface area contributed by atoms with Gasteiger partial charge in [-0.25, -0.2) is 0 Å². The number of hydrogen-bond donors (Lipinski definition) is 2. The van der Waals surface area contributed by atoms with Gasteiger partial charge >= 0.3 is 0 Å². The first-order chi connectivity index (χ1) is 10.8. The molecule has 0 aliphatic carbocycles. The molecule has 7 heteroatoms. The summed E-state index contributed by atoms with van der Waals surface area (Å²) in [7, 11) is 0. The van der Waals surface area contributed by atoms with Crippen molar-refractivity contribution in [2.75, 3.05) is 19.6 Å². The predicted octanol–water partition coefficient (Wildman–Crippen LogP) is 1.31. The summed E-state index contributed by atoms with van der Waals surface area (Å²) in [6.45, 7) is 3.56. The Bertz CT molecular complexity index is 589. The van der Waals surface area contributed by atoms with Gasteiger partial charge in [-0.05, 0) is 49.7 Å². The van der Waals surface area contributed by atoms with Crippen molar-refractivity contribution in [3.63, 3.8) is 0 Å². The number of hydrogen-bond acceptors (Lipinski definition) is 5. The Labute approximate surface area is 133 Å². The molecule has 0 bridgehead atoms. The zero-order chi connectivity index (χ0) is 15.2. The maximum absolute atomic E-state index is 12.0. The van der Waals surface area contributed by atoms with Crippen molar-refractivity contribution in [3.05, 3.63) is 34.3 Å². The SMILES string of the molecule is O=C(NCCc1cccs1)c1cn(CC2CCCNC2)nn1. The molecular weight excluding hydrogens is 298 g/mol. The van der Waals surface area contributed by atoms with Crippen molar-refractivity contribution in [2.45, 2.75) is 25.8 Å². The Kier molecular flexibility index (Phi) is 5.18. The van der Waals surface area contributed by atoms with E-state index in [0.717, 1.165) is 26.1 Å². The Hall–Kier alpha value is -1.73. The summed E-state index contributed by atoms with van der Waals surface area (Å²) in [5, 5.41) is 16.4. The summed E-state index contributed by atoms with van der Waals surface area (Å²) in [5.41, 5.74) is 0.398. The number of nitrogens with zero attached hydrogens (tertiary/aromatic N) is 3. The Morgan fingerprint density at radius 2 is 2.50 bits per heavy atom. The molecule has 1 fully saturated rings. The number of piperidine rings is 1. The van der Waals surface area contributed by atoms with E-state index in [9.17, 15) is 4.79 Å². The second-order valence-electron chi connectivity index (χ2n) is 5.62. The minimum absolute atomic E-state index is 0.149. The number of carbonyl (C=O) groups is 1. The average molecular weight is 319 g/mol. The van der Waals surface area contributed by atoms with Gasteiger partial charge in [-0.1, -0.05) is 11.3 Å². The normalized spacial score (nSPS) is 18.3.